The van der Waals surface area contributed by atoms with Gasteiger partial charge >= 0.3 is 0 Å². The zero-order chi connectivity index (χ0) is 23.1. The fourth-order valence-electron chi connectivity index (χ4n) is 4.20. The summed E-state index contributed by atoms with van der Waals surface area (Å²) in [5.74, 6) is -0.745. The van der Waals surface area contributed by atoms with Crippen LogP contribution < -0.4 is 10.2 Å². The number of fused-ring (bicyclic) bond motifs is 1. The van der Waals surface area contributed by atoms with Crippen LogP contribution in [-0.4, -0.2) is 11.8 Å². The summed E-state index contributed by atoms with van der Waals surface area (Å²) in [6, 6.07) is 26.4. The molecular weight excluding hydrogens is 432 g/mol. The maximum Gasteiger partial charge on any atom is 0.282 e. The number of nitrogens with one attached hydrogen (secondary N) is 1. The summed E-state index contributed by atoms with van der Waals surface area (Å²) in [4.78, 5) is 28.7. The lowest BCUT2D eigenvalue weighted by Gasteiger charge is -2.19. The Balaban J connectivity index is 1.68. The summed E-state index contributed by atoms with van der Waals surface area (Å²) in [6.45, 7) is 3.88. The number of aryl methyl sites for hydroxylation is 1. The van der Waals surface area contributed by atoms with Crippen LogP contribution in [0.2, 0.25) is 5.02 Å². The molecule has 162 valence electrons. The van der Waals surface area contributed by atoms with Crippen molar-refractivity contribution in [3.8, 4) is 0 Å². The number of anilines is 2. The van der Waals surface area contributed by atoms with Crippen molar-refractivity contribution in [2.45, 2.75) is 13.8 Å². The average molecular weight is 453 g/mol. The molecule has 5 heteroatoms. The summed E-state index contributed by atoms with van der Waals surface area (Å²) in [5.41, 5.74) is 4.46. The maximum atomic E-state index is 13.7. The minimum atomic E-state index is -0.383. The third-order valence-corrected chi connectivity index (χ3v) is 6.34. The predicted octanol–water partition coefficient (Wildman–Crippen LogP) is 6.51. The molecule has 1 aliphatic rings. The van der Waals surface area contributed by atoms with Gasteiger partial charge in [-0.2, -0.15) is 0 Å². The van der Waals surface area contributed by atoms with E-state index < -0.39 is 0 Å². The quantitative estimate of drug-likeness (QED) is 0.359. The number of hydrogen-bond acceptors (Lipinski definition) is 3. The Bertz CT molecular complexity index is 1450. The van der Waals surface area contributed by atoms with E-state index in [4.69, 9.17) is 11.6 Å². The first-order valence-electron chi connectivity index (χ1n) is 10.7. The SMILES string of the molecule is Cc1cccc(N2C(=O)C(Nc3cccc4ccccc34)=C(c3ccc(Cl)cc3)C2=O)c1C. The summed E-state index contributed by atoms with van der Waals surface area (Å²) >= 11 is 6.08. The third kappa shape index (κ3) is 3.59. The molecule has 4 aromatic rings. The van der Waals surface area contributed by atoms with Gasteiger partial charge in [0.1, 0.15) is 5.70 Å². The smallest absolute Gasteiger partial charge is 0.282 e. The van der Waals surface area contributed by atoms with E-state index in [1.807, 2.05) is 68.4 Å². The van der Waals surface area contributed by atoms with Gasteiger partial charge in [0.25, 0.3) is 11.8 Å². The first-order chi connectivity index (χ1) is 16.0. The van der Waals surface area contributed by atoms with Gasteiger partial charge in [0.15, 0.2) is 0 Å². The van der Waals surface area contributed by atoms with E-state index in [0.717, 1.165) is 27.6 Å². The van der Waals surface area contributed by atoms with Gasteiger partial charge in [0.2, 0.25) is 0 Å². The molecule has 0 unspecified atom stereocenters. The van der Waals surface area contributed by atoms with Crippen molar-refractivity contribution in [2.75, 3.05) is 10.2 Å². The van der Waals surface area contributed by atoms with Crippen molar-refractivity contribution in [1.82, 2.24) is 0 Å². The van der Waals surface area contributed by atoms with Gasteiger partial charge in [-0.15, -0.1) is 0 Å². The molecule has 0 fully saturated rings. The van der Waals surface area contributed by atoms with Gasteiger partial charge in [0, 0.05) is 16.1 Å². The second-order valence-corrected chi connectivity index (χ2v) is 8.51. The fraction of sp³-hybridized carbons (Fsp3) is 0.0714. The Morgan fingerprint density at radius 2 is 1.45 bits per heavy atom. The minimum Gasteiger partial charge on any atom is -0.350 e. The number of amides is 2. The molecule has 4 nitrogen and oxygen atoms in total. The van der Waals surface area contributed by atoms with Crippen molar-refractivity contribution in [1.29, 1.82) is 0 Å². The Morgan fingerprint density at radius 3 is 2.24 bits per heavy atom. The van der Waals surface area contributed by atoms with Crippen molar-refractivity contribution in [3.63, 3.8) is 0 Å². The molecule has 0 aromatic heterocycles. The van der Waals surface area contributed by atoms with E-state index in [2.05, 4.69) is 5.32 Å². The number of imide groups is 1. The van der Waals surface area contributed by atoms with Gasteiger partial charge in [0.05, 0.1) is 11.3 Å². The molecule has 5 rings (SSSR count). The van der Waals surface area contributed by atoms with Crippen LogP contribution in [0, 0.1) is 13.8 Å². The Morgan fingerprint density at radius 1 is 0.758 bits per heavy atom. The molecule has 0 spiro atoms. The first kappa shape index (κ1) is 21.0. The van der Waals surface area contributed by atoms with Crippen molar-refractivity contribution in [2.24, 2.45) is 0 Å². The highest BCUT2D eigenvalue weighted by Crippen LogP contribution is 2.37. The molecule has 0 saturated heterocycles. The summed E-state index contributed by atoms with van der Waals surface area (Å²) < 4.78 is 0. The molecule has 0 bridgehead atoms. The van der Waals surface area contributed by atoms with Crippen LogP contribution in [0.3, 0.4) is 0 Å². The molecular formula is C28H21ClN2O2. The van der Waals surface area contributed by atoms with Crippen molar-refractivity contribution < 1.29 is 9.59 Å². The number of carbonyl (C=O) groups excluding carboxylic acids is 2. The molecule has 0 saturated carbocycles. The van der Waals surface area contributed by atoms with Crippen LogP contribution in [0.4, 0.5) is 11.4 Å². The van der Waals surface area contributed by atoms with E-state index >= 15 is 0 Å². The van der Waals surface area contributed by atoms with E-state index in [-0.39, 0.29) is 17.5 Å². The minimum absolute atomic E-state index is 0.250. The molecule has 0 atom stereocenters. The highest BCUT2D eigenvalue weighted by molar-refractivity contribution is 6.46. The molecule has 33 heavy (non-hydrogen) atoms. The number of benzene rings is 4. The van der Waals surface area contributed by atoms with Crippen LogP contribution in [0.1, 0.15) is 16.7 Å². The average Bonchev–Trinajstić information content (AvgIpc) is 3.06. The molecule has 4 aromatic carbocycles. The van der Waals surface area contributed by atoms with E-state index in [9.17, 15) is 9.59 Å². The maximum absolute atomic E-state index is 13.7. The molecule has 2 amide bonds. The molecule has 1 N–H and O–H groups in total. The molecule has 1 heterocycles. The lowest BCUT2D eigenvalue weighted by molar-refractivity contribution is -0.120. The predicted molar refractivity (Wildman–Crippen MR) is 134 cm³/mol. The monoisotopic (exact) mass is 452 g/mol. The van der Waals surface area contributed by atoms with Crippen molar-refractivity contribution in [3.05, 3.63) is 112 Å². The van der Waals surface area contributed by atoms with Crippen LogP contribution in [0.25, 0.3) is 16.3 Å². The fourth-order valence-corrected chi connectivity index (χ4v) is 4.32. The molecule has 0 radical (unpaired) electrons. The molecule has 0 aliphatic carbocycles. The number of hydrogen-bond donors (Lipinski definition) is 1. The van der Waals surface area contributed by atoms with Crippen LogP contribution in [0.5, 0.6) is 0 Å². The van der Waals surface area contributed by atoms with Crippen LogP contribution >= 0.6 is 11.6 Å². The highest BCUT2D eigenvalue weighted by atomic mass is 35.5. The third-order valence-electron chi connectivity index (χ3n) is 6.08. The Labute approximate surface area is 197 Å². The summed E-state index contributed by atoms with van der Waals surface area (Å²) in [5, 5.41) is 5.86. The Hall–Kier alpha value is -3.89. The Kier molecular flexibility index (Phi) is 5.23. The second-order valence-electron chi connectivity index (χ2n) is 8.07. The first-order valence-corrected chi connectivity index (χ1v) is 11.0. The summed E-state index contributed by atoms with van der Waals surface area (Å²) in [6.07, 6.45) is 0. The second kappa shape index (κ2) is 8.23. The topological polar surface area (TPSA) is 49.4 Å². The van der Waals surface area contributed by atoms with Crippen LogP contribution in [-0.2, 0) is 9.59 Å². The van der Waals surface area contributed by atoms with Crippen molar-refractivity contribution >= 4 is 51.1 Å². The number of carbonyl (C=O) groups is 2. The van der Waals surface area contributed by atoms with E-state index in [1.165, 1.54) is 4.90 Å². The van der Waals surface area contributed by atoms with Gasteiger partial charge in [-0.25, -0.2) is 4.90 Å². The van der Waals surface area contributed by atoms with Crippen LogP contribution in [0.15, 0.2) is 90.6 Å². The largest absolute Gasteiger partial charge is 0.350 e. The number of rotatable bonds is 4. The van der Waals surface area contributed by atoms with E-state index in [0.29, 0.717) is 21.8 Å². The zero-order valence-electron chi connectivity index (χ0n) is 18.2. The number of nitrogens with zero attached hydrogens (tertiary/aromatic N) is 1. The normalized spacial score (nSPS) is 13.8. The lowest BCUT2D eigenvalue weighted by Crippen LogP contribution is -2.33. The summed E-state index contributed by atoms with van der Waals surface area (Å²) in [7, 11) is 0. The van der Waals surface area contributed by atoms with Gasteiger partial charge < -0.3 is 5.32 Å². The standard InChI is InChI=1S/C28H21ClN2O2/c1-17-7-5-12-24(18(17)2)31-27(32)25(20-13-15-21(29)16-14-20)26(28(31)33)30-23-11-6-9-19-8-3-4-10-22(19)23/h3-16,30H,1-2H3. The van der Waals surface area contributed by atoms with Gasteiger partial charge in [-0.3, -0.25) is 9.59 Å². The van der Waals surface area contributed by atoms with E-state index in [1.54, 1.807) is 30.3 Å². The number of halogens is 1. The molecule has 1 aliphatic heterocycles. The van der Waals surface area contributed by atoms with Gasteiger partial charge in [-0.05, 0) is 60.2 Å². The highest BCUT2D eigenvalue weighted by Gasteiger charge is 2.41. The zero-order valence-corrected chi connectivity index (χ0v) is 19.0. The van der Waals surface area contributed by atoms with Gasteiger partial charge in [-0.1, -0.05) is 72.3 Å². The lowest BCUT2D eigenvalue weighted by atomic mass is 10.0.